The molecule has 0 unspecified atom stereocenters. The van der Waals surface area contributed by atoms with Crippen LogP contribution in [0.5, 0.6) is 0 Å². The number of carbonyl (C=O) groups is 2. The number of anilines is 4. The fraction of sp³-hybridized carbons (Fsp3) is 0.267. The Kier molecular flexibility index (Phi) is 14.2. The molecule has 2 aliphatic heterocycles. The zero-order valence-corrected chi connectivity index (χ0v) is 36.5. The van der Waals surface area contributed by atoms with Gasteiger partial charge in [-0.2, -0.15) is 26.3 Å². The van der Waals surface area contributed by atoms with Gasteiger partial charge in [-0.25, -0.2) is 9.97 Å². The van der Waals surface area contributed by atoms with E-state index >= 15 is 0 Å². The number of hydrogen-bond acceptors (Lipinski definition) is 13. The van der Waals surface area contributed by atoms with Crippen LogP contribution in [0, 0.1) is 0 Å². The number of thiazole rings is 2. The van der Waals surface area contributed by atoms with E-state index in [1.807, 2.05) is 20.6 Å². The van der Waals surface area contributed by atoms with Crippen molar-refractivity contribution in [1.29, 1.82) is 0 Å². The second-order valence-electron chi connectivity index (χ2n) is 15.1. The number of pyridine rings is 1. The third-order valence-electron chi connectivity index (χ3n) is 10.8. The number of carbonyl (C=O) groups excluding carboxylic acids is 2. The maximum atomic E-state index is 13.5. The van der Waals surface area contributed by atoms with Crippen molar-refractivity contribution in [2.24, 2.45) is 0 Å². The van der Waals surface area contributed by atoms with Crippen LogP contribution in [-0.2, 0) is 25.4 Å². The van der Waals surface area contributed by atoms with Gasteiger partial charge in [0.05, 0.1) is 53.2 Å². The van der Waals surface area contributed by atoms with Crippen molar-refractivity contribution in [3.63, 3.8) is 0 Å². The second kappa shape index (κ2) is 20.3. The predicted octanol–water partition coefficient (Wildman–Crippen LogP) is 9.72. The lowest BCUT2D eigenvalue weighted by Crippen LogP contribution is -2.46. The monoisotopic (exact) mass is 949 g/mol. The molecule has 344 valence electrons. The zero-order valence-electron chi connectivity index (χ0n) is 34.9. The standard InChI is InChI=1S/C25H22F3N5O2S.C20H19F3N4O2S/c26-25(27,28)18-1-2-20(33-12-10-32(11-13-33)16-23-30-9-14-36-23)19(15-18)31-24(34)22-4-3-21(35-22)17-5-7-29-8-6-17;21-20(22,23)14-3-4-16(15(12-14)25-19(28)17-2-1-10-29-17)27-8-6-26(7-9-27)13-18-24-5-11-30-18/h1-9,14-15H,10-13,16H2,(H,31,34);1-5,10-12H,6-9,13H2,(H,25,28). The van der Waals surface area contributed by atoms with Gasteiger partial charge in [-0.1, -0.05) is 0 Å². The van der Waals surface area contributed by atoms with Crippen molar-refractivity contribution in [3.05, 3.63) is 147 Å². The topological polar surface area (TPSA) is 136 Å². The fourth-order valence-electron chi connectivity index (χ4n) is 7.42. The summed E-state index contributed by atoms with van der Waals surface area (Å²) in [6, 6.07) is 16.5. The number of halogens is 6. The predicted molar refractivity (Wildman–Crippen MR) is 239 cm³/mol. The highest BCUT2D eigenvalue weighted by Crippen LogP contribution is 2.38. The number of furan rings is 2. The molecule has 2 N–H and O–H groups in total. The third-order valence-corrected chi connectivity index (χ3v) is 12.3. The van der Waals surface area contributed by atoms with E-state index in [4.69, 9.17) is 8.83 Å². The van der Waals surface area contributed by atoms with Crippen molar-refractivity contribution < 1.29 is 44.8 Å². The third kappa shape index (κ3) is 11.6. The summed E-state index contributed by atoms with van der Waals surface area (Å²) in [7, 11) is 0. The molecular formula is C45H41F6N9O4S2. The smallest absolute Gasteiger partial charge is 0.416 e. The van der Waals surface area contributed by atoms with Crippen LogP contribution < -0.4 is 20.4 Å². The quantitative estimate of drug-likeness (QED) is 0.120. The van der Waals surface area contributed by atoms with Crippen molar-refractivity contribution >= 4 is 57.2 Å². The van der Waals surface area contributed by atoms with Gasteiger partial charge in [0.15, 0.2) is 11.5 Å². The Balaban J connectivity index is 0.000000182. The van der Waals surface area contributed by atoms with Gasteiger partial charge in [-0.3, -0.25) is 24.4 Å². The first-order valence-electron chi connectivity index (χ1n) is 20.6. The number of rotatable bonds is 11. The molecule has 0 spiro atoms. The minimum absolute atomic E-state index is 0.00144. The highest BCUT2D eigenvalue weighted by Gasteiger charge is 2.34. The van der Waals surface area contributed by atoms with Gasteiger partial charge < -0.3 is 29.3 Å². The first-order valence-corrected chi connectivity index (χ1v) is 22.3. The van der Waals surface area contributed by atoms with Gasteiger partial charge in [0.25, 0.3) is 11.8 Å². The Morgan fingerprint density at radius 2 is 1.11 bits per heavy atom. The molecule has 2 aliphatic rings. The number of piperazine rings is 2. The molecule has 66 heavy (non-hydrogen) atoms. The van der Waals surface area contributed by atoms with Crippen molar-refractivity contribution in [3.8, 4) is 11.3 Å². The van der Waals surface area contributed by atoms with E-state index in [1.54, 1.807) is 71.7 Å². The molecule has 21 heteroatoms. The number of amides is 2. The van der Waals surface area contributed by atoms with Crippen LogP contribution in [0.1, 0.15) is 42.3 Å². The molecule has 0 saturated carbocycles. The van der Waals surface area contributed by atoms with Gasteiger partial charge in [0.1, 0.15) is 15.8 Å². The average molecular weight is 950 g/mol. The summed E-state index contributed by atoms with van der Waals surface area (Å²) in [6.45, 7) is 6.88. The first kappa shape index (κ1) is 46.0. The number of alkyl halides is 6. The fourth-order valence-corrected chi connectivity index (χ4v) is 8.74. The van der Waals surface area contributed by atoms with Crippen LogP contribution in [0.2, 0.25) is 0 Å². The molecule has 7 heterocycles. The summed E-state index contributed by atoms with van der Waals surface area (Å²) >= 11 is 3.19. The Bertz CT molecular complexity index is 2660. The number of benzene rings is 2. The van der Waals surface area contributed by atoms with Crippen molar-refractivity contribution in [2.75, 3.05) is 72.8 Å². The van der Waals surface area contributed by atoms with E-state index < -0.39 is 35.3 Å². The van der Waals surface area contributed by atoms with Crippen LogP contribution in [0.15, 0.2) is 123 Å². The average Bonchev–Trinajstić information content (AvgIpc) is 4.17. The number of hydrogen-bond donors (Lipinski definition) is 2. The number of aromatic nitrogens is 3. The summed E-state index contributed by atoms with van der Waals surface area (Å²) in [5.41, 5.74) is 0.372. The first-order chi connectivity index (χ1) is 31.8. The molecule has 7 aromatic rings. The molecule has 0 aliphatic carbocycles. The van der Waals surface area contributed by atoms with E-state index in [9.17, 15) is 35.9 Å². The molecule has 2 saturated heterocycles. The zero-order chi connectivity index (χ0) is 46.3. The summed E-state index contributed by atoms with van der Waals surface area (Å²) in [6.07, 6.45) is -0.965. The molecule has 5 aromatic heterocycles. The molecule has 0 radical (unpaired) electrons. The Labute approximate surface area is 382 Å². The van der Waals surface area contributed by atoms with E-state index in [-0.39, 0.29) is 22.9 Å². The van der Waals surface area contributed by atoms with Crippen molar-refractivity contribution in [2.45, 2.75) is 25.4 Å². The molecule has 2 amide bonds. The van der Waals surface area contributed by atoms with Crippen LogP contribution in [0.3, 0.4) is 0 Å². The summed E-state index contributed by atoms with van der Waals surface area (Å²) in [4.78, 5) is 46.4. The maximum absolute atomic E-state index is 13.5. The second-order valence-corrected chi connectivity index (χ2v) is 17.1. The Morgan fingerprint density at radius 1 is 0.606 bits per heavy atom. The molecule has 0 bridgehead atoms. The lowest BCUT2D eigenvalue weighted by atomic mass is 10.1. The largest absolute Gasteiger partial charge is 0.459 e. The molecule has 2 fully saturated rings. The van der Waals surface area contributed by atoms with Gasteiger partial charge in [-0.05, 0) is 72.8 Å². The number of nitrogens with one attached hydrogen (secondary N) is 2. The van der Waals surface area contributed by atoms with Gasteiger partial charge in [0, 0.05) is 93.5 Å². The van der Waals surface area contributed by atoms with Crippen LogP contribution in [-0.4, -0.2) is 88.9 Å². The van der Waals surface area contributed by atoms with Crippen molar-refractivity contribution in [1.82, 2.24) is 24.8 Å². The van der Waals surface area contributed by atoms with Gasteiger partial charge >= 0.3 is 12.4 Å². The van der Waals surface area contributed by atoms with Crippen LogP contribution >= 0.6 is 22.7 Å². The van der Waals surface area contributed by atoms with E-state index in [2.05, 4.69) is 35.4 Å². The molecule has 9 rings (SSSR count). The van der Waals surface area contributed by atoms with Gasteiger partial charge in [0.2, 0.25) is 0 Å². The van der Waals surface area contributed by atoms with E-state index in [1.165, 1.54) is 30.5 Å². The Hall–Kier alpha value is -6.55. The van der Waals surface area contributed by atoms with E-state index in [0.29, 0.717) is 43.3 Å². The number of nitrogens with zero attached hydrogens (tertiary/aromatic N) is 7. The van der Waals surface area contributed by atoms with Crippen LogP contribution in [0.25, 0.3) is 11.3 Å². The maximum Gasteiger partial charge on any atom is 0.416 e. The van der Waals surface area contributed by atoms with Crippen LogP contribution in [0.4, 0.5) is 49.1 Å². The molecule has 2 aromatic carbocycles. The normalized spacial score (nSPS) is 15.0. The summed E-state index contributed by atoms with van der Waals surface area (Å²) in [5.74, 6) is -0.727. The molecule has 0 atom stereocenters. The minimum Gasteiger partial charge on any atom is -0.459 e. The van der Waals surface area contributed by atoms with Gasteiger partial charge in [-0.15, -0.1) is 22.7 Å². The minimum atomic E-state index is -4.54. The molecular weight excluding hydrogens is 909 g/mol. The highest BCUT2D eigenvalue weighted by atomic mass is 32.1. The Morgan fingerprint density at radius 3 is 1.55 bits per heavy atom. The lowest BCUT2D eigenvalue weighted by Gasteiger charge is -2.36. The summed E-state index contributed by atoms with van der Waals surface area (Å²) in [5, 5.41) is 11.1. The molecule has 13 nitrogen and oxygen atoms in total. The van der Waals surface area contributed by atoms with E-state index in [0.717, 1.165) is 79.1 Å². The highest BCUT2D eigenvalue weighted by molar-refractivity contribution is 7.09. The lowest BCUT2D eigenvalue weighted by molar-refractivity contribution is -0.138. The summed E-state index contributed by atoms with van der Waals surface area (Å²) < 4.78 is 90.8. The SMILES string of the molecule is O=C(Nc1cc(C(F)(F)F)ccc1N1CCN(Cc2nccs2)CC1)c1ccc(-c2ccncc2)o1.O=C(Nc1cc(C(F)(F)F)ccc1N1CCN(Cc2nccs2)CC1)c1ccco1.